The van der Waals surface area contributed by atoms with E-state index in [0.717, 1.165) is 37.1 Å². The van der Waals surface area contributed by atoms with Crippen molar-refractivity contribution < 1.29 is 4.79 Å². The molecule has 0 aromatic carbocycles. The van der Waals surface area contributed by atoms with Gasteiger partial charge in [0.15, 0.2) is 0 Å². The molecule has 18 heavy (non-hydrogen) atoms. The van der Waals surface area contributed by atoms with E-state index in [4.69, 9.17) is 5.73 Å². The maximum atomic E-state index is 12.6. The van der Waals surface area contributed by atoms with E-state index in [-0.39, 0.29) is 5.91 Å². The van der Waals surface area contributed by atoms with E-state index in [1.165, 1.54) is 6.42 Å². The summed E-state index contributed by atoms with van der Waals surface area (Å²) in [5.74, 6) is 0.110. The fourth-order valence-corrected chi connectivity index (χ4v) is 2.63. The SMILES string of the molecule is Cc1ncccc1C(=O)N1CCCCC1CCN. The van der Waals surface area contributed by atoms with Crippen LogP contribution in [0, 0.1) is 6.92 Å². The van der Waals surface area contributed by atoms with Crippen molar-refractivity contribution in [1.82, 2.24) is 9.88 Å². The molecule has 1 aliphatic rings. The lowest BCUT2D eigenvalue weighted by Gasteiger charge is -2.36. The molecule has 0 aliphatic carbocycles. The van der Waals surface area contributed by atoms with Gasteiger partial charge in [-0.15, -0.1) is 0 Å². The third kappa shape index (κ3) is 2.70. The highest BCUT2D eigenvalue weighted by Crippen LogP contribution is 2.22. The van der Waals surface area contributed by atoms with Crippen molar-refractivity contribution >= 4 is 5.91 Å². The van der Waals surface area contributed by atoms with E-state index in [9.17, 15) is 4.79 Å². The molecule has 4 nitrogen and oxygen atoms in total. The Morgan fingerprint density at radius 2 is 2.39 bits per heavy atom. The maximum absolute atomic E-state index is 12.6. The van der Waals surface area contributed by atoms with Crippen LogP contribution in [0.4, 0.5) is 0 Å². The van der Waals surface area contributed by atoms with Crippen LogP contribution in [0.3, 0.4) is 0 Å². The minimum Gasteiger partial charge on any atom is -0.336 e. The van der Waals surface area contributed by atoms with E-state index in [1.807, 2.05) is 24.0 Å². The van der Waals surface area contributed by atoms with Gasteiger partial charge in [-0.1, -0.05) is 0 Å². The van der Waals surface area contributed by atoms with E-state index >= 15 is 0 Å². The van der Waals surface area contributed by atoms with Gasteiger partial charge in [0.05, 0.1) is 5.56 Å². The van der Waals surface area contributed by atoms with E-state index < -0.39 is 0 Å². The van der Waals surface area contributed by atoms with Gasteiger partial charge in [0, 0.05) is 24.5 Å². The third-order valence-corrected chi connectivity index (χ3v) is 3.63. The van der Waals surface area contributed by atoms with Crippen LogP contribution in [0.2, 0.25) is 0 Å². The summed E-state index contributed by atoms with van der Waals surface area (Å²) in [5, 5.41) is 0. The Morgan fingerprint density at radius 3 is 3.11 bits per heavy atom. The van der Waals surface area contributed by atoms with Crippen molar-refractivity contribution in [2.45, 2.75) is 38.6 Å². The number of aryl methyl sites for hydroxylation is 1. The molecule has 1 aliphatic heterocycles. The molecule has 1 aromatic rings. The Bertz CT molecular complexity index is 417. The van der Waals surface area contributed by atoms with Crippen LogP contribution < -0.4 is 5.73 Å². The standard InChI is InChI=1S/C14H21N3O/c1-11-13(6-4-9-16-11)14(18)17-10-3-2-5-12(17)7-8-15/h4,6,9,12H,2-3,5,7-8,10,15H2,1H3. The summed E-state index contributed by atoms with van der Waals surface area (Å²) >= 11 is 0. The molecule has 1 atom stereocenters. The Labute approximate surface area is 108 Å². The molecule has 0 bridgehead atoms. The minimum atomic E-state index is 0.110. The lowest BCUT2D eigenvalue weighted by atomic mass is 9.98. The fourth-order valence-electron chi connectivity index (χ4n) is 2.63. The van der Waals surface area contributed by atoms with E-state index in [0.29, 0.717) is 12.6 Å². The first-order valence-electron chi connectivity index (χ1n) is 6.66. The summed E-state index contributed by atoms with van der Waals surface area (Å²) in [6.45, 7) is 3.37. The zero-order chi connectivity index (χ0) is 13.0. The molecule has 2 heterocycles. The van der Waals surface area contributed by atoms with Crippen LogP contribution in [0.5, 0.6) is 0 Å². The van der Waals surface area contributed by atoms with Gasteiger partial charge in [0.25, 0.3) is 5.91 Å². The number of rotatable bonds is 3. The Morgan fingerprint density at radius 1 is 1.56 bits per heavy atom. The molecule has 1 fully saturated rings. The highest BCUT2D eigenvalue weighted by molar-refractivity contribution is 5.95. The van der Waals surface area contributed by atoms with Crippen LogP contribution in [0.1, 0.15) is 41.7 Å². The smallest absolute Gasteiger partial charge is 0.255 e. The normalized spacial score (nSPS) is 19.9. The molecule has 0 spiro atoms. The summed E-state index contributed by atoms with van der Waals surface area (Å²) in [5.41, 5.74) is 7.17. The van der Waals surface area contributed by atoms with Gasteiger partial charge in [0.2, 0.25) is 0 Å². The molecule has 4 heteroatoms. The molecule has 98 valence electrons. The second-order valence-corrected chi connectivity index (χ2v) is 4.86. The van der Waals surface area contributed by atoms with Gasteiger partial charge < -0.3 is 10.6 Å². The summed E-state index contributed by atoms with van der Waals surface area (Å²) in [4.78, 5) is 18.7. The number of aromatic nitrogens is 1. The van der Waals surface area contributed by atoms with Crippen LogP contribution in [-0.4, -0.2) is 34.9 Å². The number of carbonyl (C=O) groups excluding carboxylic acids is 1. The van der Waals surface area contributed by atoms with Crippen molar-refractivity contribution in [2.75, 3.05) is 13.1 Å². The van der Waals surface area contributed by atoms with Crippen molar-refractivity contribution in [1.29, 1.82) is 0 Å². The van der Waals surface area contributed by atoms with Gasteiger partial charge in [-0.2, -0.15) is 0 Å². The van der Waals surface area contributed by atoms with Crippen LogP contribution >= 0.6 is 0 Å². The molecule has 1 unspecified atom stereocenters. The van der Waals surface area contributed by atoms with Crippen molar-refractivity contribution in [2.24, 2.45) is 5.73 Å². The number of amides is 1. The second-order valence-electron chi connectivity index (χ2n) is 4.86. The van der Waals surface area contributed by atoms with Gasteiger partial charge >= 0.3 is 0 Å². The van der Waals surface area contributed by atoms with Gasteiger partial charge in [-0.25, -0.2) is 0 Å². The highest BCUT2D eigenvalue weighted by atomic mass is 16.2. The first kappa shape index (κ1) is 13.0. The molecule has 1 aromatic heterocycles. The predicted molar refractivity (Wildman–Crippen MR) is 71.3 cm³/mol. The second kappa shape index (κ2) is 5.96. The number of hydrogen-bond donors (Lipinski definition) is 1. The Balaban J connectivity index is 2.18. The van der Waals surface area contributed by atoms with Crippen molar-refractivity contribution in [3.05, 3.63) is 29.6 Å². The molecule has 0 saturated carbocycles. The largest absolute Gasteiger partial charge is 0.336 e. The number of pyridine rings is 1. The molecular formula is C14H21N3O. The average molecular weight is 247 g/mol. The Hall–Kier alpha value is -1.42. The van der Waals surface area contributed by atoms with Crippen LogP contribution in [0.15, 0.2) is 18.3 Å². The summed E-state index contributed by atoms with van der Waals surface area (Å²) in [6, 6.07) is 3.98. The minimum absolute atomic E-state index is 0.110. The molecule has 2 rings (SSSR count). The van der Waals surface area contributed by atoms with E-state index in [2.05, 4.69) is 4.98 Å². The molecule has 1 amide bonds. The zero-order valence-corrected chi connectivity index (χ0v) is 10.9. The number of carbonyl (C=O) groups is 1. The van der Waals surface area contributed by atoms with Gasteiger partial charge in [-0.05, 0) is 51.3 Å². The zero-order valence-electron chi connectivity index (χ0n) is 10.9. The number of likely N-dealkylation sites (tertiary alicyclic amines) is 1. The lowest BCUT2D eigenvalue weighted by Crippen LogP contribution is -2.44. The lowest BCUT2D eigenvalue weighted by molar-refractivity contribution is 0.0603. The van der Waals surface area contributed by atoms with E-state index in [1.54, 1.807) is 6.20 Å². The summed E-state index contributed by atoms with van der Waals surface area (Å²) < 4.78 is 0. The quantitative estimate of drug-likeness (QED) is 0.885. The number of hydrogen-bond acceptors (Lipinski definition) is 3. The molecule has 2 N–H and O–H groups in total. The molecule has 1 saturated heterocycles. The van der Waals surface area contributed by atoms with Gasteiger partial charge in [-0.3, -0.25) is 9.78 Å². The highest BCUT2D eigenvalue weighted by Gasteiger charge is 2.27. The summed E-state index contributed by atoms with van der Waals surface area (Å²) in [6.07, 6.45) is 5.97. The molecular weight excluding hydrogens is 226 g/mol. The average Bonchev–Trinajstić information content (AvgIpc) is 2.40. The third-order valence-electron chi connectivity index (χ3n) is 3.63. The predicted octanol–water partition coefficient (Wildman–Crippen LogP) is 1.73. The van der Waals surface area contributed by atoms with Crippen molar-refractivity contribution in [3.8, 4) is 0 Å². The van der Waals surface area contributed by atoms with Crippen LogP contribution in [-0.2, 0) is 0 Å². The first-order valence-corrected chi connectivity index (χ1v) is 6.66. The fraction of sp³-hybridized carbons (Fsp3) is 0.571. The topological polar surface area (TPSA) is 59.2 Å². The Kier molecular flexibility index (Phi) is 4.31. The first-order chi connectivity index (χ1) is 8.74. The number of nitrogens with zero attached hydrogens (tertiary/aromatic N) is 2. The van der Waals surface area contributed by atoms with Crippen LogP contribution in [0.25, 0.3) is 0 Å². The monoisotopic (exact) mass is 247 g/mol. The number of nitrogens with two attached hydrogens (primary N) is 1. The van der Waals surface area contributed by atoms with Gasteiger partial charge in [0.1, 0.15) is 0 Å². The van der Waals surface area contributed by atoms with Crippen molar-refractivity contribution in [3.63, 3.8) is 0 Å². The molecule has 0 radical (unpaired) electrons. The number of piperidine rings is 1. The maximum Gasteiger partial charge on any atom is 0.255 e. The summed E-state index contributed by atoms with van der Waals surface area (Å²) in [7, 11) is 0.